The Bertz CT molecular complexity index is 1140. The minimum Gasteiger partial charge on any atom is -0.462 e. The number of rotatable bonds is 40. The number of phosphoric acid groups is 1. The molecule has 0 aromatic carbocycles. The average Bonchev–Trinajstić information content (AvgIpc) is 3.17. The van der Waals surface area contributed by atoms with Crippen LogP contribution in [-0.2, 0) is 37.5 Å². The van der Waals surface area contributed by atoms with Crippen LogP contribution in [0, 0.1) is 0 Å². The monoisotopic (exact) mass is 810 g/mol. The predicted octanol–water partition coefficient (Wildman–Crippen LogP) is 11.9. The van der Waals surface area contributed by atoms with Gasteiger partial charge in [-0.05, 0) is 51.9 Å². The minimum absolute atomic E-state index is 0.0688. The van der Waals surface area contributed by atoms with E-state index in [1.807, 2.05) is 12.2 Å². The van der Waals surface area contributed by atoms with Gasteiger partial charge in [0.25, 0.3) is 0 Å². The number of Topliss-reactive ketones (excluding diaryl/α,β-unsaturated/α-hetero) is 1. The third-order valence-electron chi connectivity index (χ3n) is 9.30. The molecule has 10 nitrogen and oxygen atoms in total. The Balaban J connectivity index is 4.48. The molecule has 0 aliphatic carbocycles. The molecule has 56 heavy (non-hydrogen) atoms. The van der Waals surface area contributed by atoms with Crippen molar-refractivity contribution in [2.24, 2.45) is 5.73 Å². The molecule has 0 aromatic heterocycles. The number of allylic oxidation sites excluding steroid dienone is 8. The van der Waals surface area contributed by atoms with Crippen molar-refractivity contribution in [1.82, 2.24) is 0 Å². The zero-order valence-corrected chi connectivity index (χ0v) is 36.4. The number of carbonyl (C=O) groups is 3. The van der Waals surface area contributed by atoms with Gasteiger partial charge in [-0.25, -0.2) is 4.57 Å². The molecule has 0 amide bonds. The van der Waals surface area contributed by atoms with E-state index in [2.05, 4.69) is 50.3 Å². The number of carbonyl (C=O) groups excluding carboxylic acids is 3. The van der Waals surface area contributed by atoms with Crippen LogP contribution in [0.15, 0.2) is 48.6 Å². The van der Waals surface area contributed by atoms with Gasteiger partial charge in [0, 0.05) is 12.8 Å². The van der Waals surface area contributed by atoms with Crippen molar-refractivity contribution in [3.63, 3.8) is 0 Å². The van der Waals surface area contributed by atoms with Gasteiger partial charge in [0.15, 0.2) is 6.10 Å². The van der Waals surface area contributed by atoms with Crippen molar-refractivity contribution in [3.8, 4) is 0 Å². The first-order valence-electron chi connectivity index (χ1n) is 21.9. The van der Waals surface area contributed by atoms with Gasteiger partial charge in [0.1, 0.15) is 12.4 Å². The lowest BCUT2D eigenvalue weighted by Gasteiger charge is -2.20. The van der Waals surface area contributed by atoms with Crippen LogP contribution in [-0.4, -0.2) is 54.6 Å². The molecule has 324 valence electrons. The van der Waals surface area contributed by atoms with Crippen molar-refractivity contribution in [2.45, 2.75) is 200 Å². The Labute approximate surface area is 341 Å². The first-order chi connectivity index (χ1) is 27.1. The van der Waals surface area contributed by atoms with E-state index >= 15 is 0 Å². The topological polar surface area (TPSA) is 151 Å². The minimum atomic E-state index is -4.62. The molecule has 0 aliphatic heterocycles. The van der Waals surface area contributed by atoms with Crippen molar-refractivity contribution in [1.29, 1.82) is 0 Å². The van der Waals surface area contributed by atoms with Crippen LogP contribution in [0.1, 0.15) is 188 Å². The summed E-state index contributed by atoms with van der Waals surface area (Å²) >= 11 is 0. The van der Waals surface area contributed by atoms with Crippen LogP contribution >= 0.6 is 7.82 Å². The molecule has 0 saturated carbocycles. The van der Waals surface area contributed by atoms with Gasteiger partial charge in [-0.15, -0.1) is 0 Å². The van der Waals surface area contributed by atoms with Gasteiger partial charge in [-0.3, -0.25) is 23.4 Å². The van der Waals surface area contributed by atoms with Gasteiger partial charge in [0.2, 0.25) is 0 Å². The average molecular weight is 810 g/mol. The predicted molar refractivity (Wildman–Crippen MR) is 229 cm³/mol. The van der Waals surface area contributed by atoms with Crippen LogP contribution in [0.25, 0.3) is 0 Å². The first kappa shape index (κ1) is 53.6. The van der Waals surface area contributed by atoms with E-state index in [-0.39, 0.29) is 19.4 Å². The standard InChI is InChI=1S/C45H80NO9P/c1-4-6-8-10-12-14-16-18-20-21-23-25-27-29-31-33-35-37-45(49)55-42(39-53-56(50,51)54-40-43(46)41(3)47)38-52-44(48)36-34-32-30-28-26-24-22-19-17-15-13-11-9-7-5-2/h14,16,20-21,25,27,31,33,42-43H,4-13,15,17-19,22-24,26,28-30,32,34-40,46H2,1-3H3,(H,50,51)/b16-14-,21-20-,27-25-,33-31-. The summed E-state index contributed by atoms with van der Waals surface area (Å²) in [6.07, 6.45) is 43.8. The molecule has 0 fully saturated rings. The van der Waals surface area contributed by atoms with E-state index in [0.717, 1.165) is 44.9 Å². The Morgan fingerprint density at radius 2 is 0.982 bits per heavy atom. The molecule has 0 bridgehead atoms. The summed E-state index contributed by atoms with van der Waals surface area (Å²) in [5.41, 5.74) is 5.57. The summed E-state index contributed by atoms with van der Waals surface area (Å²) in [4.78, 5) is 46.5. The van der Waals surface area contributed by atoms with Crippen LogP contribution < -0.4 is 5.73 Å². The second-order valence-electron chi connectivity index (χ2n) is 14.8. The second-order valence-corrected chi connectivity index (χ2v) is 16.2. The lowest BCUT2D eigenvalue weighted by molar-refractivity contribution is -0.161. The van der Waals surface area contributed by atoms with Crippen molar-refractivity contribution < 1.29 is 42.4 Å². The maximum absolute atomic E-state index is 12.6. The van der Waals surface area contributed by atoms with Gasteiger partial charge in [-0.2, -0.15) is 0 Å². The molecule has 0 saturated heterocycles. The zero-order chi connectivity index (χ0) is 41.4. The molecule has 0 heterocycles. The van der Waals surface area contributed by atoms with E-state index in [9.17, 15) is 23.8 Å². The van der Waals surface area contributed by atoms with E-state index in [4.69, 9.17) is 24.3 Å². The number of phosphoric ester groups is 1. The SMILES string of the molecule is CCCCCC/C=C\C/C=C\C/C=C\C/C=C\CCC(=O)OC(COC(=O)CCCCCCCCCCCCCCCCC)COP(=O)(O)OCC(N)C(C)=O. The van der Waals surface area contributed by atoms with E-state index in [0.29, 0.717) is 12.8 Å². The molecule has 0 rings (SSSR count). The number of ether oxygens (including phenoxy) is 2. The third-order valence-corrected chi connectivity index (χ3v) is 10.2. The first-order valence-corrected chi connectivity index (χ1v) is 23.4. The Hall–Kier alpha value is -2.36. The van der Waals surface area contributed by atoms with Gasteiger partial charge in [0.05, 0.1) is 19.3 Å². The highest BCUT2D eigenvalue weighted by Crippen LogP contribution is 2.43. The van der Waals surface area contributed by atoms with Crippen LogP contribution in [0.3, 0.4) is 0 Å². The van der Waals surface area contributed by atoms with Gasteiger partial charge in [-0.1, -0.05) is 172 Å². The molecule has 3 unspecified atom stereocenters. The summed E-state index contributed by atoms with van der Waals surface area (Å²) in [6, 6.07) is -1.09. The maximum atomic E-state index is 12.6. The third kappa shape index (κ3) is 38.5. The molecule has 3 N–H and O–H groups in total. The summed E-state index contributed by atoms with van der Waals surface area (Å²) in [6.45, 7) is 4.31. The van der Waals surface area contributed by atoms with E-state index in [1.165, 1.54) is 103 Å². The molecule has 0 aromatic rings. The normalized spacial score (nSPS) is 14.2. The molecule has 0 spiro atoms. The van der Waals surface area contributed by atoms with Crippen molar-refractivity contribution in [2.75, 3.05) is 19.8 Å². The summed E-state index contributed by atoms with van der Waals surface area (Å²) in [5, 5.41) is 0. The van der Waals surface area contributed by atoms with E-state index in [1.54, 1.807) is 0 Å². The van der Waals surface area contributed by atoms with Crippen LogP contribution in [0.2, 0.25) is 0 Å². The number of esters is 2. The molecule has 0 radical (unpaired) electrons. The van der Waals surface area contributed by atoms with Crippen molar-refractivity contribution >= 4 is 25.5 Å². The van der Waals surface area contributed by atoms with Gasteiger partial charge >= 0.3 is 19.8 Å². The Morgan fingerprint density at radius 3 is 1.48 bits per heavy atom. The van der Waals surface area contributed by atoms with Crippen molar-refractivity contribution in [3.05, 3.63) is 48.6 Å². The lowest BCUT2D eigenvalue weighted by Crippen LogP contribution is -2.33. The molecule has 3 atom stereocenters. The highest BCUT2D eigenvalue weighted by atomic mass is 31.2. The molecular formula is C45H80NO9P. The smallest absolute Gasteiger partial charge is 0.462 e. The number of nitrogens with two attached hydrogens (primary N) is 1. The fourth-order valence-electron chi connectivity index (χ4n) is 5.71. The maximum Gasteiger partial charge on any atom is 0.472 e. The lowest BCUT2D eigenvalue weighted by atomic mass is 10.0. The van der Waals surface area contributed by atoms with E-state index < -0.39 is 50.9 Å². The Morgan fingerprint density at radius 1 is 0.554 bits per heavy atom. The fourth-order valence-corrected chi connectivity index (χ4v) is 6.48. The molecule has 11 heteroatoms. The highest BCUT2D eigenvalue weighted by molar-refractivity contribution is 7.47. The fraction of sp³-hybridized carbons (Fsp3) is 0.756. The molecular weight excluding hydrogens is 729 g/mol. The number of unbranched alkanes of at least 4 members (excludes halogenated alkanes) is 18. The summed E-state index contributed by atoms with van der Waals surface area (Å²) < 4.78 is 33.0. The number of hydrogen-bond donors (Lipinski definition) is 2. The zero-order valence-electron chi connectivity index (χ0n) is 35.5. The second kappa shape index (κ2) is 39.5. The van der Waals surface area contributed by atoms with Gasteiger partial charge < -0.3 is 20.1 Å². The van der Waals surface area contributed by atoms with Crippen LogP contribution in [0.5, 0.6) is 0 Å². The quantitative estimate of drug-likeness (QED) is 0.0265. The Kier molecular flexibility index (Phi) is 37.8. The highest BCUT2D eigenvalue weighted by Gasteiger charge is 2.27. The summed E-state index contributed by atoms with van der Waals surface area (Å²) in [7, 11) is -4.62. The number of hydrogen-bond acceptors (Lipinski definition) is 9. The largest absolute Gasteiger partial charge is 0.472 e. The molecule has 0 aliphatic rings. The summed E-state index contributed by atoms with van der Waals surface area (Å²) in [5.74, 6) is -1.42. The number of ketones is 1. The van der Waals surface area contributed by atoms with Crippen LogP contribution in [0.4, 0.5) is 0 Å².